The van der Waals surface area contributed by atoms with Crippen LogP contribution in [0.3, 0.4) is 0 Å². The molecule has 1 fully saturated rings. The maximum absolute atomic E-state index is 11.2. The summed E-state index contributed by atoms with van der Waals surface area (Å²) in [6.45, 7) is 3.69. The number of likely N-dealkylation sites (tertiary alicyclic amines) is 1. The summed E-state index contributed by atoms with van der Waals surface area (Å²) in [7, 11) is 1.70. The number of rotatable bonds is 5. The number of aliphatic carboxylic acids is 1. The van der Waals surface area contributed by atoms with Crippen LogP contribution in [0.5, 0.6) is 5.75 Å². The molecule has 1 saturated heterocycles. The minimum atomic E-state index is -0.671. The van der Waals surface area contributed by atoms with E-state index in [9.17, 15) is 9.90 Å². The number of methoxy groups -OCH3 is 1. The van der Waals surface area contributed by atoms with Gasteiger partial charge in [0.2, 0.25) is 0 Å². The number of hydrogen-bond donors (Lipinski definition) is 1. The minimum absolute atomic E-state index is 0.120. The summed E-state index contributed by atoms with van der Waals surface area (Å²) in [5, 5.41) is 9.25. The third kappa shape index (κ3) is 3.47. The van der Waals surface area contributed by atoms with Gasteiger partial charge in [-0.3, -0.25) is 9.69 Å². The van der Waals surface area contributed by atoms with Gasteiger partial charge in [-0.2, -0.15) is 0 Å². The maximum atomic E-state index is 11.2. The molecule has 1 aliphatic heterocycles. The molecule has 0 aliphatic carbocycles. The van der Waals surface area contributed by atoms with Gasteiger partial charge in [-0.05, 0) is 51.1 Å². The maximum Gasteiger partial charge on any atom is 0.306 e. The number of ether oxygens (including phenoxy) is 1. The molecule has 4 nitrogen and oxygen atoms in total. The van der Waals surface area contributed by atoms with Gasteiger partial charge in [0.1, 0.15) is 5.75 Å². The van der Waals surface area contributed by atoms with E-state index in [-0.39, 0.29) is 12.0 Å². The fraction of sp³-hybridized carbons (Fsp3) is 0.421. The molecule has 1 atom stereocenters. The lowest BCUT2D eigenvalue weighted by atomic mass is 9.93. The van der Waals surface area contributed by atoms with Crippen LogP contribution in [0.4, 0.5) is 0 Å². The highest BCUT2D eigenvalue weighted by Crippen LogP contribution is 2.39. The Morgan fingerprint density at radius 1 is 1.25 bits per heavy atom. The lowest BCUT2D eigenvalue weighted by Crippen LogP contribution is -2.39. The Labute approximate surface area is 146 Å². The zero-order valence-electron chi connectivity index (χ0n) is 14.1. The van der Waals surface area contributed by atoms with Gasteiger partial charge < -0.3 is 9.84 Å². The number of hydrogen-bond acceptors (Lipinski definition) is 4. The number of benzene rings is 1. The monoisotopic (exact) mass is 345 g/mol. The number of para-hydroxylation sites is 1. The van der Waals surface area contributed by atoms with Crippen molar-refractivity contribution < 1.29 is 14.6 Å². The molecule has 0 saturated carbocycles. The molecule has 0 amide bonds. The van der Waals surface area contributed by atoms with Crippen LogP contribution in [0.25, 0.3) is 0 Å². The zero-order valence-corrected chi connectivity index (χ0v) is 14.9. The van der Waals surface area contributed by atoms with Crippen LogP contribution in [-0.4, -0.2) is 36.2 Å². The van der Waals surface area contributed by atoms with E-state index in [1.54, 1.807) is 18.4 Å². The third-order valence-corrected chi connectivity index (χ3v) is 5.76. The summed E-state index contributed by atoms with van der Waals surface area (Å²) in [5.41, 5.74) is 1.15. The average Bonchev–Trinajstić information content (AvgIpc) is 3.02. The highest BCUT2D eigenvalue weighted by atomic mass is 32.1. The van der Waals surface area contributed by atoms with E-state index in [1.807, 2.05) is 18.2 Å². The Morgan fingerprint density at radius 2 is 1.96 bits per heavy atom. The van der Waals surface area contributed by atoms with Crippen molar-refractivity contribution in [1.29, 1.82) is 0 Å². The van der Waals surface area contributed by atoms with Gasteiger partial charge in [-0.15, -0.1) is 11.3 Å². The fourth-order valence-electron chi connectivity index (χ4n) is 3.43. The summed E-state index contributed by atoms with van der Waals surface area (Å²) in [6, 6.07) is 12.6. The molecule has 0 bridgehead atoms. The van der Waals surface area contributed by atoms with Crippen molar-refractivity contribution >= 4 is 17.3 Å². The molecule has 1 unspecified atom stereocenters. The van der Waals surface area contributed by atoms with Gasteiger partial charge in [-0.25, -0.2) is 0 Å². The summed E-state index contributed by atoms with van der Waals surface area (Å²) in [6.07, 6.45) is 1.40. The molecular formula is C19H23NO3S. The van der Waals surface area contributed by atoms with E-state index < -0.39 is 5.97 Å². The normalized spacial score (nSPS) is 17.6. The van der Waals surface area contributed by atoms with Gasteiger partial charge in [-0.1, -0.05) is 18.2 Å². The Morgan fingerprint density at radius 3 is 2.54 bits per heavy atom. The van der Waals surface area contributed by atoms with Crippen LogP contribution in [0.1, 0.15) is 34.2 Å². The van der Waals surface area contributed by atoms with Gasteiger partial charge in [0, 0.05) is 15.3 Å². The number of carboxylic acid groups (broad SMARTS) is 1. The van der Waals surface area contributed by atoms with Gasteiger partial charge in [0.15, 0.2) is 0 Å². The molecule has 2 aromatic rings. The molecule has 5 heteroatoms. The molecule has 0 spiro atoms. The smallest absolute Gasteiger partial charge is 0.306 e. The average molecular weight is 345 g/mol. The van der Waals surface area contributed by atoms with E-state index in [0.29, 0.717) is 12.8 Å². The number of carboxylic acids is 1. The van der Waals surface area contributed by atoms with Crippen molar-refractivity contribution in [2.24, 2.45) is 5.92 Å². The van der Waals surface area contributed by atoms with E-state index in [1.165, 1.54) is 9.75 Å². The first kappa shape index (κ1) is 17.0. The van der Waals surface area contributed by atoms with E-state index >= 15 is 0 Å². The molecule has 1 aromatic carbocycles. The van der Waals surface area contributed by atoms with E-state index in [4.69, 9.17) is 4.74 Å². The molecular weight excluding hydrogens is 322 g/mol. The lowest BCUT2D eigenvalue weighted by molar-refractivity contribution is -0.143. The third-order valence-electron chi connectivity index (χ3n) is 4.71. The highest BCUT2D eigenvalue weighted by Gasteiger charge is 2.32. The van der Waals surface area contributed by atoms with Gasteiger partial charge in [0.25, 0.3) is 0 Å². The standard InChI is InChI=1S/C19H23NO3S/c1-13-7-8-17(24-13)18(15-5-3-4-6-16(15)23-2)20-11-9-14(10-12-20)19(21)22/h3-8,14,18H,9-12H2,1-2H3,(H,21,22). The van der Waals surface area contributed by atoms with Crippen molar-refractivity contribution in [3.05, 3.63) is 51.7 Å². The summed E-state index contributed by atoms with van der Waals surface area (Å²) in [4.78, 5) is 16.2. The Bertz CT molecular complexity index is 704. The number of aryl methyl sites for hydroxylation is 1. The topological polar surface area (TPSA) is 49.8 Å². The first-order chi connectivity index (χ1) is 11.6. The summed E-state index contributed by atoms with van der Waals surface area (Å²) in [5.74, 6) is -0.00554. The van der Waals surface area contributed by atoms with Crippen LogP contribution < -0.4 is 4.74 Å². The van der Waals surface area contributed by atoms with Crippen LogP contribution in [0.2, 0.25) is 0 Å². The molecule has 1 N–H and O–H groups in total. The fourth-order valence-corrected chi connectivity index (χ4v) is 4.46. The van der Waals surface area contributed by atoms with Crippen LogP contribution in [0, 0.1) is 12.8 Å². The first-order valence-electron chi connectivity index (χ1n) is 8.26. The molecule has 1 aromatic heterocycles. The predicted octanol–water partition coefficient (Wildman–Crippen LogP) is 3.95. The zero-order chi connectivity index (χ0) is 17.1. The van der Waals surface area contributed by atoms with Crippen LogP contribution in [-0.2, 0) is 4.79 Å². The number of nitrogens with zero attached hydrogens (tertiary/aromatic N) is 1. The number of thiophene rings is 1. The second kappa shape index (κ2) is 7.36. The molecule has 0 radical (unpaired) electrons. The van der Waals surface area contributed by atoms with E-state index in [2.05, 4.69) is 30.0 Å². The Kier molecular flexibility index (Phi) is 5.21. The number of piperidine rings is 1. The quantitative estimate of drug-likeness (QED) is 0.891. The van der Waals surface area contributed by atoms with Gasteiger partial charge >= 0.3 is 5.97 Å². The minimum Gasteiger partial charge on any atom is -0.496 e. The van der Waals surface area contributed by atoms with Crippen LogP contribution in [0.15, 0.2) is 36.4 Å². The Hall–Kier alpha value is -1.85. The van der Waals surface area contributed by atoms with E-state index in [0.717, 1.165) is 24.4 Å². The summed E-state index contributed by atoms with van der Waals surface area (Å²) < 4.78 is 5.59. The molecule has 128 valence electrons. The second-order valence-electron chi connectivity index (χ2n) is 6.24. The largest absolute Gasteiger partial charge is 0.496 e. The van der Waals surface area contributed by atoms with Crippen LogP contribution >= 0.6 is 11.3 Å². The highest BCUT2D eigenvalue weighted by molar-refractivity contribution is 7.12. The predicted molar refractivity (Wildman–Crippen MR) is 95.8 cm³/mol. The lowest BCUT2D eigenvalue weighted by Gasteiger charge is -2.36. The van der Waals surface area contributed by atoms with Crippen molar-refractivity contribution in [3.63, 3.8) is 0 Å². The SMILES string of the molecule is COc1ccccc1C(c1ccc(C)s1)N1CCC(C(=O)O)CC1. The van der Waals surface area contributed by atoms with Crippen molar-refractivity contribution in [1.82, 2.24) is 4.90 Å². The van der Waals surface area contributed by atoms with Gasteiger partial charge in [0.05, 0.1) is 19.1 Å². The second-order valence-corrected chi connectivity index (χ2v) is 7.56. The molecule has 24 heavy (non-hydrogen) atoms. The number of carbonyl (C=O) groups is 1. The van der Waals surface area contributed by atoms with Crippen molar-refractivity contribution in [2.45, 2.75) is 25.8 Å². The first-order valence-corrected chi connectivity index (χ1v) is 9.08. The molecule has 2 heterocycles. The Balaban J connectivity index is 1.93. The van der Waals surface area contributed by atoms with Crippen molar-refractivity contribution in [3.8, 4) is 5.75 Å². The van der Waals surface area contributed by atoms with Crippen molar-refractivity contribution in [2.75, 3.05) is 20.2 Å². The molecule has 1 aliphatic rings. The summed E-state index contributed by atoms with van der Waals surface area (Å²) >= 11 is 1.80. The molecule has 3 rings (SSSR count).